The van der Waals surface area contributed by atoms with Crippen molar-refractivity contribution in [3.63, 3.8) is 0 Å². The van der Waals surface area contributed by atoms with Crippen molar-refractivity contribution in [2.24, 2.45) is 0 Å². The first-order valence-corrected chi connectivity index (χ1v) is 7.98. The molecule has 0 amide bonds. The second-order valence-corrected chi connectivity index (χ2v) is 5.56. The van der Waals surface area contributed by atoms with Crippen molar-refractivity contribution in [3.8, 4) is 0 Å². The summed E-state index contributed by atoms with van der Waals surface area (Å²) in [6, 6.07) is 3.83. The summed E-state index contributed by atoms with van der Waals surface area (Å²) in [7, 11) is 1.59. The van der Waals surface area contributed by atoms with Crippen LogP contribution in [-0.4, -0.2) is 46.7 Å². The highest BCUT2D eigenvalue weighted by molar-refractivity contribution is 5.65. The maximum absolute atomic E-state index is 11.5. The van der Waals surface area contributed by atoms with Gasteiger partial charge in [-0.2, -0.15) is 5.10 Å². The van der Waals surface area contributed by atoms with Crippen molar-refractivity contribution >= 4 is 17.5 Å². The molecule has 0 aliphatic carbocycles. The Morgan fingerprint density at radius 3 is 2.92 bits per heavy atom. The third-order valence-corrected chi connectivity index (χ3v) is 3.88. The summed E-state index contributed by atoms with van der Waals surface area (Å²) in [5.41, 5.74) is 7.58. The van der Waals surface area contributed by atoms with Gasteiger partial charge in [0.05, 0.1) is 6.10 Å². The van der Waals surface area contributed by atoms with E-state index in [-0.39, 0.29) is 18.8 Å². The van der Waals surface area contributed by atoms with Crippen LogP contribution in [0.1, 0.15) is 32.4 Å². The molecule has 2 unspecified atom stereocenters. The smallest absolute Gasteiger partial charge is 0.432 e. The molecule has 2 rings (SSSR count). The predicted octanol–water partition coefficient (Wildman–Crippen LogP) is 2.21. The summed E-state index contributed by atoms with van der Waals surface area (Å²) in [4.78, 5) is 15.5. The monoisotopic (exact) mass is 336 g/mol. The lowest BCUT2D eigenvalue weighted by atomic mass is 10.1. The van der Waals surface area contributed by atoms with Gasteiger partial charge in [0, 0.05) is 12.8 Å². The number of carbonyl (C=O) groups excluding carboxylic acids is 1. The van der Waals surface area contributed by atoms with Gasteiger partial charge in [0.1, 0.15) is 24.6 Å². The van der Waals surface area contributed by atoms with E-state index in [1.165, 1.54) is 6.33 Å². The van der Waals surface area contributed by atoms with Crippen LogP contribution in [0.3, 0.4) is 0 Å². The van der Waals surface area contributed by atoms with Crippen molar-refractivity contribution in [2.45, 2.75) is 45.3 Å². The lowest BCUT2D eigenvalue weighted by Gasteiger charge is -2.16. The van der Waals surface area contributed by atoms with Crippen molar-refractivity contribution in [1.29, 1.82) is 0 Å². The third kappa shape index (κ3) is 4.58. The zero-order chi connectivity index (χ0) is 17.5. The lowest BCUT2D eigenvalue weighted by molar-refractivity contribution is -0.0130. The zero-order valence-corrected chi connectivity index (χ0v) is 14.3. The molecule has 8 nitrogen and oxygen atoms in total. The Hall–Kier alpha value is -2.35. The van der Waals surface area contributed by atoms with E-state index in [0.717, 1.165) is 17.6 Å². The largest absolute Gasteiger partial charge is 0.508 e. The first-order valence-electron chi connectivity index (χ1n) is 7.98. The summed E-state index contributed by atoms with van der Waals surface area (Å²) in [6.45, 7) is 3.90. The molecule has 0 aromatic carbocycles. The van der Waals surface area contributed by atoms with Gasteiger partial charge in [-0.3, -0.25) is 0 Å². The molecule has 24 heavy (non-hydrogen) atoms. The molecule has 8 heteroatoms. The molecular formula is C16H24N4O4. The molecule has 0 radical (unpaired) electrons. The van der Waals surface area contributed by atoms with Crippen LogP contribution < -0.4 is 5.73 Å². The number of nitrogens with two attached hydrogens (primary N) is 1. The number of aryl methyl sites for hydroxylation is 1. The number of hydrogen-bond acceptors (Lipinski definition) is 7. The molecule has 0 spiro atoms. The van der Waals surface area contributed by atoms with Gasteiger partial charge in [-0.25, -0.2) is 14.3 Å². The number of nitrogen functional groups attached to an aromatic ring is 1. The maximum atomic E-state index is 11.5. The normalized spacial score (nSPS) is 13.6. The van der Waals surface area contributed by atoms with Gasteiger partial charge in [-0.15, -0.1) is 0 Å². The minimum Gasteiger partial charge on any atom is -0.432 e. The van der Waals surface area contributed by atoms with E-state index in [1.807, 2.05) is 26.0 Å². The maximum Gasteiger partial charge on any atom is 0.508 e. The van der Waals surface area contributed by atoms with Gasteiger partial charge < -0.3 is 19.9 Å². The summed E-state index contributed by atoms with van der Waals surface area (Å²) >= 11 is 0. The van der Waals surface area contributed by atoms with E-state index < -0.39 is 6.16 Å². The van der Waals surface area contributed by atoms with Crippen molar-refractivity contribution in [3.05, 3.63) is 24.2 Å². The van der Waals surface area contributed by atoms with Crippen LogP contribution in [0.5, 0.6) is 0 Å². The predicted molar refractivity (Wildman–Crippen MR) is 88.7 cm³/mol. The lowest BCUT2D eigenvalue weighted by Crippen LogP contribution is -2.24. The fraction of sp³-hybridized carbons (Fsp3) is 0.562. The van der Waals surface area contributed by atoms with E-state index >= 15 is 0 Å². The summed E-state index contributed by atoms with van der Waals surface area (Å²) in [6.07, 6.45) is 2.49. The van der Waals surface area contributed by atoms with E-state index in [9.17, 15) is 4.79 Å². The van der Waals surface area contributed by atoms with Crippen LogP contribution >= 0.6 is 0 Å². The standard InChI is InChI=1S/C16H24N4O4/c1-4-11(2)24-16(21)23-9-13(22-3)7-5-12-6-8-14-15(17)18-10-19-20(12)14/h6,8,10-11,13H,4-5,7,9H2,1-3H3,(H2,17,18,19). The van der Waals surface area contributed by atoms with E-state index in [2.05, 4.69) is 10.1 Å². The number of rotatable bonds is 8. The minimum absolute atomic E-state index is 0.145. The number of ether oxygens (including phenoxy) is 3. The Kier molecular flexibility index (Phi) is 6.36. The van der Waals surface area contributed by atoms with Gasteiger partial charge in [-0.1, -0.05) is 6.92 Å². The molecule has 0 saturated heterocycles. The van der Waals surface area contributed by atoms with Gasteiger partial charge in [0.2, 0.25) is 0 Å². The minimum atomic E-state index is -0.667. The Balaban J connectivity index is 1.86. The highest BCUT2D eigenvalue weighted by atomic mass is 16.7. The van der Waals surface area contributed by atoms with E-state index in [4.69, 9.17) is 19.9 Å². The molecule has 0 fully saturated rings. The van der Waals surface area contributed by atoms with Gasteiger partial charge in [0.25, 0.3) is 0 Å². The van der Waals surface area contributed by atoms with Crippen LogP contribution in [0.4, 0.5) is 10.6 Å². The molecule has 2 aromatic rings. The fourth-order valence-corrected chi connectivity index (χ4v) is 2.22. The average molecular weight is 336 g/mol. The number of nitrogens with zero attached hydrogens (tertiary/aromatic N) is 3. The number of fused-ring (bicyclic) bond motifs is 1. The van der Waals surface area contributed by atoms with E-state index in [0.29, 0.717) is 18.7 Å². The Labute approximate surface area is 140 Å². The SMILES string of the molecule is CCC(C)OC(=O)OCC(CCc1ccc2c(N)ncnn12)OC. The second-order valence-electron chi connectivity index (χ2n) is 5.56. The van der Waals surface area contributed by atoms with Crippen molar-refractivity contribution in [1.82, 2.24) is 14.6 Å². The Bertz CT molecular complexity index is 673. The average Bonchev–Trinajstić information content (AvgIpc) is 2.99. The number of aromatic nitrogens is 3. The first kappa shape index (κ1) is 18.0. The van der Waals surface area contributed by atoms with Crippen LogP contribution in [0.2, 0.25) is 0 Å². The third-order valence-electron chi connectivity index (χ3n) is 3.88. The van der Waals surface area contributed by atoms with Gasteiger partial charge in [-0.05, 0) is 38.3 Å². The summed E-state index contributed by atoms with van der Waals surface area (Å²) < 4.78 is 17.3. The number of carbonyl (C=O) groups is 1. The summed E-state index contributed by atoms with van der Waals surface area (Å²) in [5.74, 6) is 0.440. The topological polar surface area (TPSA) is 101 Å². The van der Waals surface area contributed by atoms with Crippen molar-refractivity contribution < 1.29 is 19.0 Å². The first-order chi connectivity index (χ1) is 11.5. The summed E-state index contributed by atoms with van der Waals surface area (Å²) in [5, 5.41) is 4.20. The van der Waals surface area contributed by atoms with Crippen molar-refractivity contribution in [2.75, 3.05) is 19.5 Å². The molecule has 0 aliphatic heterocycles. The highest BCUT2D eigenvalue weighted by Gasteiger charge is 2.15. The van der Waals surface area contributed by atoms with Crippen LogP contribution in [0.15, 0.2) is 18.5 Å². The van der Waals surface area contributed by atoms with Crippen LogP contribution in [0, 0.1) is 0 Å². The molecule has 2 atom stereocenters. The number of hydrogen-bond donors (Lipinski definition) is 1. The molecule has 0 aliphatic rings. The molecule has 0 bridgehead atoms. The Morgan fingerprint density at radius 1 is 1.42 bits per heavy atom. The molecule has 2 heterocycles. The van der Waals surface area contributed by atoms with E-state index in [1.54, 1.807) is 11.6 Å². The number of methoxy groups -OCH3 is 1. The second kappa shape index (κ2) is 8.49. The van der Waals surface area contributed by atoms with Gasteiger partial charge >= 0.3 is 6.16 Å². The molecule has 2 N–H and O–H groups in total. The molecular weight excluding hydrogens is 312 g/mol. The Morgan fingerprint density at radius 2 is 2.21 bits per heavy atom. The number of anilines is 1. The highest BCUT2D eigenvalue weighted by Crippen LogP contribution is 2.15. The quantitative estimate of drug-likeness (QED) is 0.737. The van der Waals surface area contributed by atoms with Crippen LogP contribution in [0.25, 0.3) is 5.52 Å². The zero-order valence-electron chi connectivity index (χ0n) is 14.3. The fourth-order valence-electron chi connectivity index (χ4n) is 2.22. The molecule has 2 aromatic heterocycles. The molecule has 0 saturated carbocycles. The van der Waals surface area contributed by atoms with Gasteiger partial charge in [0.15, 0.2) is 5.82 Å². The van der Waals surface area contributed by atoms with Crippen LogP contribution in [-0.2, 0) is 20.6 Å². The molecule has 132 valence electrons.